The summed E-state index contributed by atoms with van der Waals surface area (Å²) in [6.07, 6.45) is 2.15. The van der Waals surface area contributed by atoms with Crippen LogP contribution in [0.25, 0.3) is 0 Å². The molecule has 0 bridgehead atoms. The zero-order valence-electron chi connectivity index (χ0n) is 20.2. The van der Waals surface area contributed by atoms with Gasteiger partial charge in [-0.25, -0.2) is 0 Å². The Hall–Kier alpha value is -3.92. The molecule has 5 amide bonds. The van der Waals surface area contributed by atoms with Gasteiger partial charge in [0, 0.05) is 40.6 Å². The van der Waals surface area contributed by atoms with E-state index in [9.17, 15) is 24.0 Å². The summed E-state index contributed by atoms with van der Waals surface area (Å²) in [6, 6.07) is 13.8. The van der Waals surface area contributed by atoms with Crippen LogP contribution in [-0.4, -0.2) is 53.1 Å². The number of hydrogen-bond donors (Lipinski definition) is 3. The quantitative estimate of drug-likeness (QED) is 0.424. The lowest BCUT2D eigenvalue weighted by molar-refractivity contribution is -0.137. The predicted octanol–water partition coefficient (Wildman–Crippen LogP) is 2.41. The molecule has 188 valence electrons. The number of benzene rings is 2. The average Bonchev–Trinajstić information content (AvgIpc) is 3.17. The second kappa shape index (κ2) is 12.2. The van der Waals surface area contributed by atoms with Crippen molar-refractivity contribution in [2.75, 3.05) is 11.9 Å². The SMILES string of the molecule is Cc1ccc(Sc2ccc(NC(=O)[C@H](C)NC(=O)[C@H](C)NC(=O)CCN3C(=O)C=CC3=O)cc2)cc1. The minimum atomic E-state index is -0.908. The van der Waals surface area contributed by atoms with Crippen LogP contribution in [0.4, 0.5) is 5.69 Å². The van der Waals surface area contributed by atoms with Crippen LogP contribution in [-0.2, 0) is 24.0 Å². The van der Waals surface area contributed by atoms with Crippen LogP contribution in [0, 0.1) is 6.92 Å². The van der Waals surface area contributed by atoms with Gasteiger partial charge in [-0.1, -0.05) is 29.5 Å². The van der Waals surface area contributed by atoms with Crippen LogP contribution in [0.2, 0.25) is 0 Å². The van der Waals surface area contributed by atoms with Gasteiger partial charge in [0.15, 0.2) is 0 Å². The fourth-order valence-corrected chi connectivity index (χ4v) is 4.06. The Balaban J connectivity index is 1.42. The number of amides is 5. The maximum Gasteiger partial charge on any atom is 0.253 e. The standard InChI is InChI=1S/C26H28N4O5S/c1-16-4-8-20(9-5-16)36-21-10-6-19(7-11-21)29-26(35)18(3)28-25(34)17(2)27-22(31)14-15-30-23(32)12-13-24(30)33/h4-13,17-18H,14-15H2,1-3H3,(H,27,31)(H,28,34)(H,29,35)/t17-,18-/m0/s1. The first-order valence-electron chi connectivity index (χ1n) is 11.4. The first-order valence-corrected chi connectivity index (χ1v) is 12.2. The fourth-order valence-electron chi connectivity index (χ4n) is 3.25. The Bertz CT molecular complexity index is 1160. The number of carbonyl (C=O) groups excluding carboxylic acids is 5. The van der Waals surface area contributed by atoms with Gasteiger partial charge >= 0.3 is 0 Å². The molecule has 2 aromatic carbocycles. The summed E-state index contributed by atoms with van der Waals surface area (Å²) in [5, 5.41) is 7.83. The Labute approximate surface area is 213 Å². The first-order chi connectivity index (χ1) is 17.1. The number of anilines is 1. The van der Waals surface area contributed by atoms with Gasteiger partial charge in [0.05, 0.1) is 0 Å². The van der Waals surface area contributed by atoms with E-state index in [0.717, 1.165) is 26.8 Å². The van der Waals surface area contributed by atoms with Gasteiger partial charge in [0.25, 0.3) is 11.8 Å². The van der Waals surface area contributed by atoms with Crippen molar-refractivity contribution in [2.24, 2.45) is 0 Å². The summed E-state index contributed by atoms with van der Waals surface area (Å²) in [5.74, 6) is -2.38. The lowest BCUT2D eigenvalue weighted by Crippen LogP contribution is -2.50. The normalized spacial score (nSPS) is 14.4. The van der Waals surface area contributed by atoms with Crippen molar-refractivity contribution in [3.63, 3.8) is 0 Å². The highest BCUT2D eigenvalue weighted by Gasteiger charge is 2.25. The van der Waals surface area contributed by atoms with Crippen LogP contribution < -0.4 is 16.0 Å². The van der Waals surface area contributed by atoms with Gasteiger partial charge in [-0.2, -0.15) is 0 Å². The van der Waals surface area contributed by atoms with Crippen molar-refractivity contribution in [3.05, 3.63) is 66.2 Å². The Kier molecular flexibility index (Phi) is 9.02. The van der Waals surface area contributed by atoms with Gasteiger partial charge in [0.2, 0.25) is 17.7 Å². The second-order valence-electron chi connectivity index (χ2n) is 8.36. The number of nitrogens with zero attached hydrogens (tertiary/aromatic N) is 1. The molecule has 0 spiro atoms. The molecule has 0 aromatic heterocycles. The smallest absolute Gasteiger partial charge is 0.253 e. The van der Waals surface area contributed by atoms with Crippen LogP contribution in [0.5, 0.6) is 0 Å². The van der Waals surface area contributed by atoms with Crippen molar-refractivity contribution in [1.29, 1.82) is 0 Å². The van der Waals surface area contributed by atoms with Crippen molar-refractivity contribution in [2.45, 2.75) is 49.1 Å². The molecule has 2 atom stereocenters. The van der Waals surface area contributed by atoms with Gasteiger partial charge in [0.1, 0.15) is 12.1 Å². The zero-order valence-corrected chi connectivity index (χ0v) is 21.1. The van der Waals surface area contributed by atoms with Gasteiger partial charge in [-0.3, -0.25) is 28.9 Å². The molecule has 0 radical (unpaired) electrons. The lowest BCUT2D eigenvalue weighted by atomic mass is 10.2. The first kappa shape index (κ1) is 26.7. The largest absolute Gasteiger partial charge is 0.345 e. The molecule has 0 aliphatic carbocycles. The van der Waals surface area contributed by atoms with E-state index in [1.165, 1.54) is 12.5 Å². The molecule has 10 heteroatoms. The van der Waals surface area contributed by atoms with Crippen LogP contribution in [0.3, 0.4) is 0 Å². The zero-order chi connectivity index (χ0) is 26.2. The van der Waals surface area contributed by atoms with Crippen molar-refractivity contribution in [1.82, 2.24) is 15.5 Å². The lowest BCUT2D eigenvalue weighted by Gasteiger charge is -2.19. The van der Waals surface area contributed by atoms with Crippen molar-refractivity contribution < 1.29 is 24.0 Å². The van der Waals surface area contributed by atoms with Crippen LogP contribution in [0.15, 0.2) is 70.5 Å². The van der Waals surface area contributed by atoms with E-state index in [0.29, 0.717) is 5.69 Å². The molecular formula is C26H28N4O5S. The minimum absolute atomic E-state index is 0.0774. The Morgan fingerprint density at radius 3 is 1.92 bits per heavy atom. The third-order valence-electron chi connectivity index (χ3n) is 5.36. The van der Waals surface area contributed by atoms with E-state index in [4.69, 9.17) is 0 Å². The number of nitrogens with one attached hydrogen (secondary N) is 3. The van der Waals surface area contributed by atoms with E-state index >= 15 is 0 Å². The summed E-state index contributed by atoms with van der Waals surface area (Å²) >= 11 is 1.61. The molecule has 36 heavy (non-hydrogen) atoms. The van der Waals surface area contributed by atoms with Crippen molar-refractivity contribution >= 4 is 47.0 Å². The molecule has 3 rings (SSSR count). The summed E-state index contributed by atoms with van der Waals surface area (Å²) in [6.45, 7) is 4.98. The number of imide groups is 1. The molecule has 1 heterocycles. The molecule has 1 aliphatic heterocycles. The summed E-state index contributed by atoms with van der Waals surface area (Å²) in [7, 11) is 0. The summed E-state index contributed by atoms with van der Waals surface area (Å²) in [5.41, 5.74) is 1.79. The highest BCUT2D eigenvalue weighted by molar-refractivity contribution is 7.99. The van der Waals surface area contributed by atoms with Crippen molar-refractivity contribution in [3.8, 4) is 0 Å². The van der Waals surface area contributed by atoms with Crippen LogP contribution >= 0.6 is 11.8 Å². The summed E-state index contributed by atoms with van der Waals surface area (Å²) in [4.78, 5) is 63.2. The highest BCUT2D eigenvalue weighted by Crippen LogP contribution is 2.28. The second-order valence-corrected chi connectivity index (χ2v) is 9.51. The number of aryl methyl sites for hydroxylation is 1. The van der Waals surface area contributed by atoms with Gasteiger partial charge < -0.3 is 16.0 Å². The van der Waals surface area contributed by atoms with E-state index in [1.807, 2.05) is 19.1 Å². The molecule has 1 aliphatic rings. The molecule has 2 aromatic rings. The minimum Gasteiger partial charge on any atom is -0.345 e. The molecule has 3 N–H and O–H groups in total. The van der Waals surface area contributed by atoms with E-state index in [2.05, 4.69) is 40.2 Å². The third-order valence-corrected chi connectivity index (χ3v) is 6.38. The van der Waals surface area contributed by atoms with E-state index in [-0.39, 0.29) is 13.0 Å². The maximum absolute atomic E-state index is 12.5. The molecule has 0 saturated heterocycles. The number of carbonyl (C=O) groups is 5. The van der Waals surface area contributed by atoms with E-state index < -0.39 is 41.6 Å². The predicted molar refractivity (Wildman–Crippen MR) is 136 cm³/mol. The Morgan fingerprint density at radius 2 is 1.33 bits per heavy atom. The van der Waals surface area contributed by atoms with E-state index in [1.54, 1.807) is 30.8 Å². The molecule has 0 fully saturated rings. The Morgan fingerprint density at radius 1 is 0.806 bits per heavy atom. The monoisotopic (exact) mass is 508 g/mol. The third kappa shape index (κ3) is 7.54. The average molecular weight is 509 g/mol. The van der Waals surface area contributed by atoms with Crippen LogP contribution in [0.1, 0.15) is 25.8 Å². The van der Waals surface area contributed by atoms with Gasteiger partial charge in [-0.05, 0) is 57.2 Å². The maximum atomic E-state index is 12.5. The molecule has 0 unspecified atom stereocenters. The topological polar surface area (TPSA) is 125 Å². The van der Waals surface area contributed by atoms with Gasteiger partial charge in [-0.15, -0.1) is 0 Å². The highest BCUT2D eigenvalue weighted by atomic mass is 32.2. The number of hydrogen-bond acceptors (Lipinski definition) is 6. The molecule has 9 nitrogen and oxygen atoms in total. The summed E-state index contributed by atoms with van der Waals surface area (Å²) < 4.78 is 0. The number of rotatable bonds is 10. The molecule has 0 saturated carbocycles. The molecular weight excluding hydrogens is 480 g/mol. The fraction of sp³-hybridized carbons (Fsp3) is 0.269.